The lowest BCUT2D eigenvalue weighted by Gasteiger charge is -2.41. The number of aromatic nitrogens is 9. The Morgan fingerprint density at radius 3 is 2.39 bits per heavy atom. The maximum Gasteiger partial charge on any atom is 0.508 e. The third-order valence-corrected chi connectivity index (χ3v) is 13.4. The molecule has 1 aliphatic rings. The number of fused-ring (bicyclic) bond motifs is 2. The van der Waals surface area contributed by atoms with E-state index in [0.29, 0.717) is 52.8 Å². The SMILES string of the molecule is C=C(COC(=O)OC[C@@H](CC)Nc1nc(NCc2ccc(-c3ccccn3)cc2)c2ncn(C(C)C)c2n1)C(=O)N1CCN(c2nc(=O)n(-c3c(C)ccnc3C(C)C)c3nc(-c4c(O)cccc4F)c(F)cc23)[C@@H](C)C1. The number of ether oxygens (including phenoxy) is 2. The number of phenolic OH excluding ortho intramolecular Hbond substituents is 1. The van der Waals surface area contributed by atoms with Gasteiger partial charge in [0.05, 0.1) is 40.4 Å². The number of benzene rings is 2. The minimum absolute atomic E-state index is 0.00502. The van der Waals surface area contributed by atoms with Crippen LogP contribution >= 0.6 is 0 Å². The Morgan fingerprint density at radius 2 is 1.69 bits per heavy atom. The van der Waals surface area contributed by atoms with Crippen molar-refractivity contribution in [1.82, 2.24) is 48.9 Å². The number of carbonyl (C=O) groups is 2. The summed E-state index contributed by atoms with van der Waals surface area (Å²) in [5, 5.41) is 17.5. The Hall–Kier alpha value is -8.88. The van der Waals surface area contributed by atoms with Crippen LogP contribution in [0, 0.1) is 18.6 Å². The molecule has 77 heavy (non-hydrogen) atoms. The first kappa shape index (κ1) is 53.0. The summed E-state index contributed by atoms with van der Waals surface area (Å²) in [6.07, 6.45) is 4.64. The molecule has 6 aromatic heterocycles. The maximum atomic E-state index is 16.3. The number of nitrogens with one attached hydrogen (secondary N) is 2. The van der Waals surface area contributed by atoms with Gasteiger partial charge in [-0.1, -0.05) is 63.7 Å². The van der Waals surface area contributed by atoms with Gasteiger partial charge < -0.3 is 39.6 Å². The summed E-state index contributed by atoms with van der Waals surface area (Å²) >= 11 is 0. The molecule has 0 spiro atoms. The summed E-state index contributed by atoms with van der Waals surface area (Å²) in [5.41, 5.74) is 3.99. The maximum absolute atomic E-state index is 16.3. The van der Waals surface area contributed by atoms with Gasteiger partial charge in [0, 0.05) is 61.8 Å². The van der Waals surface area contributed by atoms with Crippen LogP contribution in [-0.2, 0) is 20.8 Å². The smallest absolute Gasteiger partial charge is 0.507 e. The molecule has 2 aromatic carbocycles. The number of halogens is 2. The molecule has 0 bridgehead atoms. The number of hydrogen-bond donors (Lipinski definition) is 3. The number of nitrogens with zero attached hydrogens (tertiary/aromatic N) is 11. The number of imidazole rings is 1. The molecule has 21 heteroatoms. The van der Waals surface area contributed by atoms with E-state index in [1.54, 1.807) is 36.6 Å². The van der Waals surface area contributed by atoms with Gasteiger partial charge in [0.15, 0.2) is 28.4 Å². The van der Waals surface area contributed by atoms with Crippen LogP contribution in [-0.4, -0.2) is 111 Å². The van der Waals surface area contributed by atoms with Crippen molar-refractivity contribution < 1.29 is 33.0 Å². The van der Waals surface area contributed by atoms with Crippen molar-refractivity contribution in [3.05, 3.63) is 143 Å². The fraction of sp³-hybridized carbons (Fsp3) is 0.321. The number of aromatic hydroxyl groups is 1. The van der Waals surface area contributed by atoms with Crippen LogP contribution in [0.1, 0.15) is 76.7 Å². The van der Waals surface area contributed by atoms with Crippen LogP contribution in [0.2, 0.25) is 0 Å². The number of amides is 1. The van der Waals surface area contributed by atoms with Crippen LogP contribution in [0.4, 0.5) is 31.2 Å². The van der Waals surface area contributed by atoms with E-state index in [9.17, 15) is 19.5 Å². The van der Waals surface area contributed by atoms with Gasteiger partial charge in [-0.2, -0.15) is 15.0 Å². The molecule has 3 N–H and O–H groups in total. The molecule has 8 aromatic rings. The molecule has 7 heterocycles. The Bertz CT molecular complexity index is 3550. The number of carbonyl (C=O) groups excluding carboxylic acids is 2. The van der Waals surface area contributed by atoms with Crippen LogP contribution in [0.25, 0.3) is 50.4 Å². The summed E-state index contributed by atoms with van der Waals surface area (Å²) in [6.45, 7) is 17.6. The standard InChI is InChI=1S/C56H59F2N13O6/c1-9-38(63-54-65-49(47-52(66-54)70(30-62-47)32(4)5)61-26-36-16-18-37(19-17-36)42-14-10-11-21-59-42)29-77-56(75)76-28-34(7)53(73)68-23-24-69(35(8)27-68)50-39-25-41(58)46(44-40(57)13-12-15-43(44)72)64-51(39)71(55(74)67-50)48-33(6)20-22-60-45(48)31(2)3/h10-22,25,30-32,35,38,72H,7,9,23-24,26-29H2,1-6,8H3,(H2,61,63,65,66)/t35-,38+/m0/s1. The molecule has 1 fully saturated rings. The number of pyridine rings is 3. The van der Waals surface area contributed by atoms with Crippen molar-refractivity contribution >= 4 is 51.8 Å². The normalized spacial score (nSPS) is 14.1. The van der Waals surface area contributed by atoms with Crippen molar-refractivity contribution in [3.8, 4) is 34.0 Å². The number of aryl methyl sites for hydroxylation is 1. The molecule has 0 aliphatic carbocycles. The molecule has 0 unspecified atom stereocenters. The van der Waals surface area contributed by atoms with Gasteiger partial charge in [0.2, 0.25) is 5.95 Å². The van der Waals surface area contributed by atoms with Gasteiger partial charge >= 0.3 is 11.8 Å². The lowest BCUT2D eigenvalue weighted by Crippen LogP contribution is -2.54. The fourth-order valence-electron chi connectivity index (χ4n) is 9.27. The average molecular weight is 1050 g/mol. The van der Waals surface area contributed by atoms with E-state index in [4.69, 9.17) is 19.4 Å². The number of piperazine rings is 1. The highest BCUT2D eigenvalue weighted by molar-refractivity contribution is 5.94. The minimum atomic E-state index is -1.01. The summed E-state index contributed by atoms with van der Waals surface area (Å²) in [6, 6.07) is 19.5. The summed E-state index contributed by atoms with van der Waals surface area (Å²) < 4.78 is 45.6. The molecule has 2 atom stereocenters. The van der Waals surface area contributed by atoms with Crippen molar-refractivity contribution in [1.29, 1.82) is 0 Å². The molecule has 1 amide bonds. The molecule has 19 nitrogen and oxygen atoms in total. The summed E-state index contributed by atoms with van der Waals surface area (Å²) in [7, 11) is 0. The van der Waals surface area contributed by atoms with E-state index < -0.39 is 65.1 Å². The number of phenols is 1. The number of rotatable bonds is 17. The Kier molecular flexibility index (Phi) is 15.5. The van der Waals surface area contributed by atoms with Gasteiger partial charge in [-0.15, -0.1) is 0 Å². The molecular formula is C56H59F2N13O6. The van der Waals surface area contributed by atoms with E-state index >= 15 is 8.78 Å². The van der Waals surface area contributed by atoms with E-state index in [2.05, 4.69) is 42.1 Å². The zero-order valence-corrected chi connectivity index (χ0v) is 43.8. The fourth-order valence-corrected chi connectivity index (χ4v) is 9.27. The van der Waals surface area contributed by atoms with Crippen LogP contribution in [0.5, 0.6) is 5.75 Å². The highest BCUT2D eigenvalue weighted by Crippen LogP contribution is 2.37. The summed E-state index contributed by atoms with van der Waals surface area (Å²) in [5.74, 6) is -2.11. The third kappa shape index (κ3) is 11.1. The minimum Gasteiger partial charge on any atom is -0.507 e. The van der Waals surface area contributed by atoms with Crippen molar-refractivity contribution in [2.24, 2.45) is 0 Å². The first-order valence-corrected chi connectivity index (χ1v) is 25.4. The molecule has 0 radical (unpaired) electrons. The van der Waals surface area contributed by atoms with Gasteiger partial charge in [-0.3, -0.25) is 14.8 Å². The average Bonchev–Trinajstić information content (AvgIpc) is 3.88. The zero-order valence-electron chi connectivity index (χ0n) is 43.8. The quantitative estimate of drug-likeness (QED) is 0.0571. The Morgan fingerprint density at radius 1 is 0.896 bits per heavy atom. The number of anilines is 3. The Balaban J connectivity index is 0.847. The Labute approximate surface area is 442 Å². The van der Waals surface area contributed by atoms with Crippen molar-refractivity contribution in [2.45, 2.75) is 85.5 Å². The predicted octanol–water partition coefficient (Wildman–Crippen LogP) is 9.29. The first-order valence-electron chi connectivity index (χ1n) is 25.4. The second-order valence-electron chi connectivity index (χ2n) is 19.5. The molecule has 0 saturated carbocycles. The van der Waals surface area contributed by atoms with Crippen LogP contribution in [0.3, 0.4) is 0 Å². The molecule has 9 rings (SSSR count). The van der Waals surface area contributed by atoms with Crippen LogP contribution in [0.15, 0.2) is 108 Å². The van der Waals surface area contributed by atoms with Gasteiger partial charge in [0.1, 0.15) is 36.3 Å². The van der Waals surface area contributed by atoms with E-state index in [-0.39, 0.29) is 60.6 Å². The van der Waals surface area contributed by atoms with Crippen molar-refractivity contribution in [3.63, 3.8) is 0 Å². The van der Waals surface area contributed by atoms with E-state index in [1.807, 2.05) is 88.6 Å². The largest absolute Gasteiger partial charge is 0.508 e. The topological polar surface area (TPSA) is 221 Å². The highest BCUT2D eigenvalue weighted by Gasteiger charge is 2.33. The third-order valence-electron chi connectivity index (χ3n) is 13.4. The monoisotopic (exact) mass is 1050 g/mol. The first-order chi connectivity index (χ1) is 37.0. The molecule has 398 valence electrons. The molecule has 1 saturated heterocycles. The second-order valence-corrected chi connectivity index (χ2v) is 19.5. The number of hydrogen-bond acceptors (Lipinski definition) is 16. The highest BCUT2D eigenvalue weighted by atomic mass is 19.1. The van der Waals surface area contributed by atoms with Crippen LogP contribution < -0.4 is 21.2 Å². The zero-order chi connectivity index (χ0) is 54.7. The van der Waals surface area contributed by atoms with Crippen molar-refractivity contribution in [2.75, 3.05) is 48.4 Å². The lowest BCUT2D eigenvalue weighted by molar-refractivity contribution is -0.128. The molecule has 1 aliphatic heterocycles. The second kappa shape index (κ2) is 22.5. The van der Waals surface area contributed by atoms with Gasteiger partial charge in [-0.05, 0) is 87.6 Å². The van der Waals surface area contributed by atoms with E-state index in [0.717, 1.165) is 29.0 Å². The summed E-state index contributed by atoms with van der Waals surface area (Å²) in [4.78, 5) is 76.7. The predicted molar refractivity (Wildman–Crippen MR) is 289 cm³/mol. The molecular weight excluding hydrogens is 989 g/mol. The lowest BCUT2D eigenvalue weighted by atomic mass is 10.0. The van der Waals surface area contributed by atoms with Gasteiger partial charge in [0.25, 0.3) is 5.91 Å². The van der Waals surface area contributed by atoms with Gasteiger partial charge in [-0.25, -0.2) is 32.9 Å². The van der Waals surface area contributed by atoms with E-state index in [1.165, 1.54) is 21.6 Å².